The highest BCUT2D eigenvalue weighted by Gasteiger charge is 2.17. The fraction of sp³-hybridized carbons (Fsp3) is 0.250. The van der Waals surface area contributed by atoms with Gasteiger partial charge in [-0.15, -0.1) is 0 Å². The Hall–Kier alpha value is -2.28. The first-order chi connectivity index (χ1) is 11.0. The maximum absolute atomic E-state index is 13.3. The summed E-state index contributed by atoms with van der Waals surface area (Å²) in [5.41, 5.74) is 1.25. The fourth-order valence-electron chi connectivity index (χ4n) is 2.06. The van der Waals surface area contributed by atoms with Crippen molar-refractivity contribution in [3.05, 3.63) is 57.8 Å². The number of aliphatic carboxylic acids is 1. The number of carbonyl (C=O) groups is 2. The smallest absolute Gasteiger partial charge is 0.305 e. The predicted molar refractivity (Wildman–Crippen MR) is 82.1 cm³/mol. The molecule has 0 aliphatic heterocycles. The molecule has 0 saturated heterocycles. The summed E-state index contributed by atoms with van der Waals surface area (Å²) in [5, 5.41) is 12.5. The number of hydrogen-bond acceptors (Lipinski definition) is 3. The van der Waals surface area contributed by atoms with Gasteiger partial charge in [0, 0.05) is 13.1 Å². The zero-order chi connectivity index (χ0) is 16.8. The fourth-order valence-corrected chi connectivity index (χ4v) is 2.73. The van der Waals surface area contributed by atoms with Gasteiger partial charge < -0.3 is 10.0 Å². The Morgan fingerprint density at radius 1 is 1.13 bits per heavy atom. The van der Waals surface area contributed by atoms with Crippen LogP contribution in [-0.4, -0.2) is 28.4 Å². The van der Waals surface area contributed by atoms with Crippen LogP contribution >= 0.6 is 11.3 Å². The van der Waals surface area contributed by atoms with Crippen molar-refractivity contribution in [1.82, 2.24) is 4.90 Å². The van der Waals surface area contributed by atoms with Gasteiger partial charge in [0.2, 0.25) is 5.91 Å². The van der Waals surface area contributed by atoms with E-state index in [1.54, 1.807) is 0 Å². The van der Waals surface area contributed by atoms with Gasteiger partial charge in [-0.1, -0.05) is 6.07 Å². The molecule has 1 N–H and O–H groups in total. The molecule has 0 bridgehead atoms. The molecule has 7 heteroatoms. The summed E-state index contributed by atoms with van der Waals surface area (Å²) in [6.07, 6.45) is -0.0636. The van der Waals surface area contributed by atoms with Crippen molar-refractivity contribution in [3.63, 3.8) is 0 Å². The van der Waals surface area contributed by atoms with Gasteiger partial charge in [0.1, 0.15) is 0 Å². The van der Waals surface area contributed by atoms with E-state index in [1.165, 1.54) is 22.3 Å². The van der Waals surface area contributed by atoms with E-state index in [-0.39, 0.29) is 31.8 Å². The number of benzene rings is 1. The van der Waals surface area contributed by atoms with Crippen LogP contribution in [0.5, 0.6) is 0 Å². The normalized spacial score (nSPS) is 10.5. The Morgan fingerprint density at radius 3 is 2.52 bits per heavy atom. The minimum absolute atomic E-state index is 0.0112. The largest absolute Gasteiger partial charge is 0.481 e. The second-order valence-electron chi connectivity index (χ2n) is 5.02. The van der Waals surface area contributed by atoms with Crippen LogP contribution in [0.25, 0.3) is 0 Å². The standard InChI is InChI=1S/C16H15F2NO3S/c17-13-2-1-11(7-14(13)18)9-19(5-3-16(21)22)15(20)8-12-4-6-23-10-12/h1-2,4,6-7,10H,3,5,8-9H2,(H,21,22). The quantitative estimate of drug-likeness (QED) is 0.843. The lowest BCUT2D eigenvalue weighted by molar-refractivity contribution is -0.138. The van der Waals surface area contributed by atoms with Crippen LogP contribution in [0.1, 0.15) is 17.5 Å². The summed E-state index contributed by atoms with van der Waals surface area (Å²) >= 11 is 1.46. The summed E-state index contributed by atoms with van der Waals surface area (Å²) in [4.78, 5) is 24.4. The number of amides is 1. The van der Waals surface area contributed by atoms with Crippen LogP contribution in [-0.2, 0) is 22.6 Å². The molecule has 122 valence electrons. The molecule has 0 radical (unpaired) electrons. The first kappa shape index (κ1) is 17.1. The van der Waals surface area contributed by atoms with Crippen molar-refractivity contribution in [2.24, 2.45) is 0 Å². The van der Waals surface area contributed by atoms with E-state index >= 15 is 0 Å². The van der Waals surface area contributed by atoms with E-state index < -0.39 is 17.6 Å². The topological polar surface area (TPSA) is 57.6 Å². The minimum atomic E-state index is -1.02. The number of hydrogen-bond donors (Lipinski definition) is 1. The first-order valence-electron chi connectivity index (χ1n) is 6.90. The molecule has 1 aromatic heterocycles. The summed E-state index contributed by atoms with van der Waals surface area (Å²) in [5.74, 6) is -3.24. The van der Waals surface area contributed by atoms with Gasteiger partial charge in [0.15, 0.2) is 11.6 Å². The molecule has 0 unspecified atom stereocenters. The number of carboxylic acids is 1. The van der Waals surface area contributed by atoms with Crippen LogP contribution in [0, 0.1) is 11.6 Å². The Bertz CT molecular complexity index is 689. The molecule has 4 nitrogen and oxygen atoms in total. The Morgan fingerprint density at radius 2 is 1.91 bits per heavy atom. The molecular weight excluding hydrogens is 324 g/mol. The highest BCUT2D eigenvalue weighted by Crippen LogP contribution is 2.14. The number of halogens is 2. The van der Waals surface area contributed by atoms with Gasteiger partial charge in [-0.25, -0.2) is 8.78 Å². The van der Waals surface area contributed by atoms with Crippen LogP contribution in [0.3, 0.4) is 0 Å². The number of rotatable bonds is 7. The van der Waals surface area contributed by atoms with Crippen molar-refractivity contribution in [2.75, 3.05) is 6.54 Å². The van der Waals surface area contributed by atoms with Crippen molar-refractivity contribution in [2.45, 2.75) is 19.4 Å². The molecule has 2 rings (SSSR count). The molecule has 1 heterocycles. The third kappa shape index (κ3) is 5.14. The van der Waals surface area contributed by atoms with Crippen LogP contribution in [0.4, 0.5) is 8.78 Å². The Labute approximate surface area is 136 Å². The second kappa shape index (κ2) is 7.82. The lowest BCUT2D eigenvalue weighted by Crippen LogP contribution is -2.33. The van der Waals surface area contributed by atoms with E-state index in [0.717, 1.165) is 17.7 Å². The third-order valence-electron chi connectivity index (χ3n) is 3.24. The average Bonchev–Trinajstić information content (AvgIpc) is 2.99. The number of carbonyl (C=O) groups excluding carboxylic acids is 1. The first-order valence-corrected chi connectivity index (χ1v) is 7.84. The zero-order valence-electron chi connectivity index (χ0n) is 12.2. The highest BCUT2D eigenvalue weighted by atomic mass is 32.1. The molecule has 0 fully saturated rings. The van der Waals surface area contributed by atoms with Gasteiger partial charge in [-0.05, 0) is 40.1 Å². The van der Waals surface area contributed by atoms with Crippen molar-refractivity contribution < 1.29 is 23.5 Å². The predicted octanol–water partition coefficient (Wildman–Crippen LogP) is 3.07. The molecule has 1 amide bonds. The monoisotopic (exact) mass is 339 g/mol. The molecule has 0 aliphatic carbocycles. The SMILES string of the molecule is O=C(O)CCN(Cc1ccc(F)c(F)c1)C(=O)Cc1ccsc1. The number of carboxylic acid groups (broad SMARTS) is 1. The van der Waals surface area contributed by atoms with Crippen LogP contribution in [0.2, 0.25) is 0 Å². The Balaban J connectivity index is 2.10. The minimum Gasteiger partial charge on any atom is -0.481 e. The van der Waals surface area contributed by atoms with Crippen LogP contribution < -0.4 is 0 Å². The van der Waals surface area contributed by atoms with E-state index in [1.807, 2.05) is 16.8 Å². The maximum Gasteiger partial charge on any atom is 0.305 e. The lowest BCUT2D eigenvalue weighted by Gasteiger charge is -2.22. The van der Waals surface area contributed by atoms with Crippen molar-refractivity contribution >= 4 is 23.2 Å². The number of thiophene rings is 1. The molecule has 0 saturated carbocycles. The average molecular weight is 339 g/mol. The number of nitrogens with zero attached hydrogens (tertiary/aromatic N) is 1. The van der Waals surface area contributed by atoms with E-state index in [2.05, 4.69) is 0 Å². The van der Waals surface area contributed by atoms with Gasteiger partial charge >= 0.3 is 5.97 Å². The molecule has 0 aliphatic rings. The molecule has 0 atom stereocenters. The third-order valence-corrected chi connectivity index (χ3v) is 3.97. The van der Waals surface area contributed by atoms with Gasteiger partial charge in [-0.2, -0.15) is 11.3 Å². The van der Waals surface area contributed by atoms with Crippen molar-refractivity contribution in [3.8, 4) is 0 Å². The summed E-state index contributed by atoms with van der Waals surface area (Å²) in [7, 11) is 0. The molecule has 1 aromatic carbocycles. The molecule has 0 spiro atoms. The zero-order valence-corrected chi connectivity index (χ0v) is 13.0. The van der Waals surface area contributed by atoms with Gasteiger partial charge in [0.05, 0.1) is 12.8 Å². The van der Waals surface area contributed by atoms with Crippen molar-refractivity contribution in [1.29, 1.82) is 0 Å². The van der Waals surface area contributed by atoms with Gasteiger partial charge in [0.25, 0.3) is 0 Å². The summed E-state index contributed by atoms with van der Waals surface area (Å²) in [6, 6.07) is 5.20. The lowest BCUT2D eigenvalue weighted by atomic mass is 10.1. The molecular formula is C16H15F2NO3S. The summed E-state index contributed by atoms with van der Waals surface area (Å²) in [6.45, 7) is 0.0464. The molecule has 2 aromatic rings. The Kier molecular flexibility index (Phi) is 5.81. The van der Waals surface area contributed by atoms with E-state index in [9.17, 15) is 18.4 Å². The van der Waals surface area contributed by atoms with Crippen LogP contribution in [0.15, 0.2) is 35.0 Å². The summed E-state index contributed by atoms with van der Waals surface area (Å²) < 4.78 is 26.2. The second-order valence-corrected chi connectivity index (χ2v) is 5.80. The van der Waals surface area contributed by atoms with Gasteiger partial charge in [-0.3, -0.25) is 9.59 Å². The maximum atomic E-state index is 13.3. The highest BCUT2D eigenvalue weighted by molar-refractivity contribution is 7.07. The van der Waals surface area contributed by atoms with E-state index in [4.69, 9.17) is 5.11 Å². The van der Waals surface area contributed by atoms with E-state index in [0.29, 0.717) is 5.56 Å². The molecule has 23 heavy (non-hydrogen) atoms.